The second kappa shape index (κ2) is 4.27. The molecular formula is C10H10BrN. The van der Waals surface area contributed by atoms with Crippen molar-refractivity contribution in [3.05, 3.63) is 33.8 Å². The number of nitrogens with zero attached hydrogens (tertiary/aromatic N) is 1. The molecule has 0 atom stereocenters. The molecule has 12 heavy (non-hydrogen) atoms. The molecule has 0 saturated heterocycles. The standard InChI is InChI=1S/C10H10BrN/c1-8-7-9(3-2-6-12)4-5-10(8)11/h4-5,7H,2-3H2,1H3. The number of aryl methyl sites for hydroxylation is 2. The lowest BCUT2D eigenvalue weighted by molar-refractivity contribution is 1.01. The fourth-order valence-corrected chi connectivity index (χ4v) is 1.31. The Labute approximate surface area is 81.2 Å². The van der Waals surface area contributed by atoms with Gasteiger partial charge in [-0.1, -0.05) is 28.1 Å². The van der Waals surface area contributed by atoms with Gasteiger partial charge in [-0.15, -0.1) is 0 Å². The van der Waals surface area contributed by atoms with Crippen molar-refractivity contribution in [1.82, 2.24) is 0 Å². The van der Waals surface area contributed by atoms with Crippen molar-refractivity contribution >= 4 is 15.9 Å². The molecule has 0 unspecified atom stereocenters. The van der Waals surface area contributed by atoms with Crippen molar-refractivity contribution in [2.75, 3.05) is 0 Å². The van der Waals surface area contributed by atoms with Crippen LogP contribution in [0.3, 0.4) is 0 Å². The summed E-state index contributed by atoms with van der Waals surface area (Å²) in [7, 11) is 0. The van der Waals surface area contributed by atoms with Gasteiger partial charge in [0.05, 0.1) is 6.07 Å². The molecule has 0 fully saturated rings. The van der Waals surface area contributed by atoms with Crippen LogP contribution < -0.4 is 0 Å². The van der Waals surface area contributed by atoms with Gasteiger partial charge < -0.3 is 0 Å². The molecule has 0 bridgehead atoms. The Morgan fingerprint density at radius 3 is 2.83 bits per heavy atom. The molecule has 1 nitrogen and oxygen atoms in total. The van der Waals surface area contributed by atoms with Crippen LogP contribution in [0.25, 0.3) is 0 Å². The number of benzene rings is 1. The number of hydrogen-bond donors (Lipinski definition) is 0. The maximum absolute atomic E-state index is 8.39. The summed E-state index contributed by atoms with van der Waals surface area (Å²) in [5, 5.41) is 8.39. The lowest BCUT2D eigenvalue weighted by Crippen LogP contribution is -1.85. The first-order valence-corrected chi connectivity index (χ1v) is 4.65. The van der Waals surface area contributed by atoms with Crippen LogP contribution in [0.15, 0.2) is 22.7 Å². The number of hydrogen-bond acceptors (Lipinski definition) is 1. The molecular weight excluding hydrogens is 214 g/mol. The second-order valence-corrected chi connectivity index (χ2v) is 3.60. The lowest BCUT2D eigenvalue weighted by atomic mass is 10.1. The third-order valence-electron chi connectivity index (χ3n) is 1.75. The van der Waals surface area contributed by atoms with Crippen molar-refractivity contribution in [3.8, 4) is 6.07 Å². The van der Waals surface area contributed by atoms with E-state index in [0.29, 0.717) is 6.42 Å². The lowest BCUT2D eigenvalue weighted by Gasteiger charge is -2.01. The van der Waals surface area contributed by atoms with Gasteiger partial charge in [-0.3, -0.25) is 0 Å². The van der Waals surface area contributed by atoms with Crippen LogP contribution >= 0.6 is 15.9 Å². The summed E-state index contributed by atoms with van der Waals surface area (Å²) in [5.74, 6) is 0. The van der Waals surface area contributed by atoms with Gasteiger partial charge in [0.1, 0.15) is 0 Å². The zero-order chi connectivity index (χ0) is 8.97. The fourth-order valence-electron chi connectivity index (χ4n) is 1.06. The van der Waals surface area contributed by atoms with Gasteiger partial charge >= 0.3 is 0 Å². The highest BCUT2D eigenvalue weighted by atomic mass is 79.9. The summed E-state index contributed by atoms with van der Waals surface area (Å²) in [6, 6.07) is 8.33. The minimum absolute atomic E-state index is 0.598. The molecule has 0 amide bonds. The zero-order valence-electron chi connectivity index (χ0n) is 6.97. The number of rotatable bonds is 2. The molecule has 1 aromatic carbocycles. The second-order valence-electron chi connectivity index (χ2n) is 2.74. The predicted molar refractivity (Wildman–Crippen MR) is 52.8 cm³/mol. The molecule has 0 heterocycles. The zero-order valence-corrected chi connectivity index (χ0v) is 8.56. The Bertz CT molecular complexity index is 312. The summed E-state index contributed by atoms with van der Waals surface area (Å²) in [6.07, 6.45) is 1.45. The van der Waals surface area contributed by atoms with E-state index in [4.69, 9.17) is 5.26 Å². The van der Waals surface area contributed by atoms with E-state index in [1.54, 1.807) is 0 Å². The number of nitriles is 1. The predicted octanol–water partition coefficient (Wildman–Crippen LogP) is 3.21. The Morgan fingerprint density at radius 2 is 2.25 bits per heavy atom. The Kier molecular flexibility index (Phi) is 3.31. The van der Waals surface area contributed by atoms with Gasteiger partial charge in [0.15, 0.2) is 0 Å². The van der Waals surface area contributed by atoms with Gasteiger partial charge in [-0.2, -0.15) is 5.26 Å². The Hall–Kier alpha value is -0.810. The summed E-state index contributed by atoms with van der Waals surface area (Å²) < 4.78 is 1.13. The molecule has 0 saturated carbocycles. The van der Waals surface area contributed by atoms with E-state index in [9.17, 15) is 0 Å². The molecule has 0 radical (unpaired) electrons. The average Bonchev–Trinajstić information content (AvgIpc) is 2.07. The molecule has 2 heteroatoms. The Balaban J connectivity index is 2.77. The first-order valence-electron chi connectivity index (χ1n) is 3.86. The topological polar surface area (TPSA) is 23.8 Å². The van der Waals surface area contributed by atoms with Crippen LogP contribution in [0, 0.1) is 18.3 Å². The van der Waals surface area contributed by atoms with E-state index < -0.39 is 0 Å². The Morgan fingerprint density at radius 1 is 1.50 bits per heavy atom. The van der Waals surface area contributed by atoms with Crippen LogP contribution in [0.4, 0.5) is 0 Å². The van der Waals surface area contributed by atoms with Crippen molar-refractivity contribution in [1.29, 1.82) is 5.26 Å². The fraction of sp³-hybridized carbons (Fsp3) is 0.300. The van der Waals surface area contributed by atoms with Crippen LogP contribution in [0.5, 0.6) is 0 Å². The van der Waals surface area contributed by atoms with E-state index in [0.717, 1.165) is 10.9 Å². The summed E-state index contributed by atoms with van der Waals surface area (Å²) >= 11 is 3.43. The highest BCUT2D eigenvalue weighted by molar-refractivity contribution is 9.10. The van der Waals surface area contributed by atoms with Gasteiger partial charge in [0.2, 0.25) is 0 Å². The largest absolute Gasteiger partial charge is 0.198 e. The van der Waals surface area contributed by atoms with E-state index in [2.05, 4.69) is 41.1 Å². The molecule has 1 aromatic rings. The average molecular weight is 224 g/mol. The smallest absolute Gasteiger partial charge is 0.0625 e. The van der Waals surface area contributed by atoms with Crippen LogP contribution in [-0.2, 0) is 6.42 Å². The van der Waals surface area contributed by atoms with Gasteiger partial charge in [0, 0.05) is 10.9 Å². The maximum Gasteiger partial charge on any atom is 0.0625 e. The number of halogens is 1. The maximum atomic E-state index is 8.39. The van der Waals surface area contributed by atoms with E-state index >= 15 is 0 Å². The molecule has 0 aliphatic rings. The monoisotopic (exact) mass is 223 g/mol. The first-order chi connectivity index (χ1) is 5.74. The molecule has 0 spiro atoms. The molecule has 0 aromatic heterocycles. The van der Waals surface area contributed by atoms with Crippen LogP contribution in [0.2, 0.25) is 0 Å². The van der Waals surface area contributed by atoms with E-state index in [-0.39, 0.29) is 0 Å². The van der Waals surface area contributed by atoms with E-state index in [1.165, 1.54) is 11.1 Å². The minimum Gasteiger partial charge on any atom is -0.198 e. The van der Waals surface area contributed by atoms with Gasteiger partial charge in [0.25, 0.3) is 0 Å². The SMILES string of the molecule is Cc1cc(CCC#N)ccc1Br. The van der Waals surface area contributed by atoms with Gasteiger partial charge in [-0.05, 0) is 30.5 Å². The van der Waals surface area contributed by atoms with Crippen LogP contribution in [-0.4, -0.2) is 0 Å². The third kappa shape index (κ3) is 2.35. The van der Waals surface area contributed by atoms with Crippen molar-refractivity contribution < 1.29 is 0 Å². The van der Waals surface area contributed by atoms with Gasteiger partial charge in [-0.25, -0.2) is 0 Å². The summed E-state index contributed by atoms with van der Waals surface area (Å²) in [6.45, 7) is 2.06. The third-order valence-corrected chi connectivity index (χ3v) is 2.64. The molecule has 0 aliphatic carbocycles. The van der Waals surface area contributed by atoms with Crippen LogP contribution in [0.1, 0.15) is 17.5 Å². The molecule has 0 aliphatic heterocycles. The van der Waals surface area contributed by atoms with Crippen molar-refractivity contribution in [2.24, 2.45) is 0 Å². The quantitative estimate of drug-likeness (QED) is 0.756. The van der Waals surface area contributed by atoms with E-state index in [1.807, 2.05) is 6.07 Å². The highest BCUT2D eigenvalue weighted by Crippen LogP contribution is 2.17. The minimum atomic E-state index is 0.598. The molecule has 62 valence electrons. The normalized spacial score (nSPS) is 9.42. The summed E-state index contributed by atoms with van der Waals surface area (Å²) in [4.78, 5) is 0. The van der Waals surface area contributed by atoms with Crippen molar-refractivity contribution in [2.45, 2.75) is 19.8 Å². The first kappa shape index (κ1) is 9.28. The molecule has 0 N–H and O–H groups in total. The summed E-state index contributed by atoms with van der Waals surface area (Å²) in [5.41, 5.74) is 2.46. The van der Waals surface area contributed by atoms with Crippen molar-refractivity contribution in [3.63, 3.8) is 0 Å². The highest BCUT2D eigenvalue weighted by Gasteiger charge is 1.96. The molecule has 1 rings (SSSR count).